The largest absolute Gasteiger partial charge is 0.497 e. The number of anilines is 1. The molecule has 0 aliphatic rings. The van der Waals surface area contributed by atoms with Crippen molar-refractivity contribution in [3.63, 3.8) is 0 Å². The fourth-order valence-electron chi connectivity index (χ4n) is 3.32. The van der Waals surface area contributed by atoms with Gasteiger partial charge in [0.15, 0.2) is 0 Å². The zero-order chi connectivity index (χ0) is 22.7. The minimum atomic E-state index is -0.264. The van der Waals surface area contributed by atoms with Crippen LogP contribution in [0.4, 0.5) is 5.69 Å². The topological polar surface area (TPSA) is 102 Å². The maximum absolute atomic E-state index is 13.4. The quantitative estimate of drug-likeness (QED) is 0.481. The Labute approximate surface area is 184 Å². The third-order valence-corrected chi connectivity index (χ3v) is 4.85. The number of hydrogen-bond donors (Lipinski definition) is 1. The van der Waals surface area contributed by atoms with Crippen LogP contribution in [-0.2, 0) is 6.54 Å². The molecule has 0 aliphatic heterocycles. The Bertz CT molecular complexity index is 1290. The Morgan fingerprint density at radius 3 is 2.41 bits per heavy atom. The average Bonchev–Trinajstić information content (AvgIpc) is 3.21. The molecule has 4 aromatic rings. The van der Waals surface area contributed by atoms with E-state index in [1.54, 1.807) is 55.3 Å². The number of aryl methyl sites for hydroxylation is 1. The summed E-state index contributed by atoms with van der Waals surface area (Å²) in [5, 5.41) is 2.94. The number of benzene rings is 2. The fraction of sp³-hybridized carbons (Fsp3) is 0.217. The molecule has 1 N–H and O–H groups in total. The summed E-state index contributed by atoms with van der Waals surface area (Å²) in [6.07, 6.45) is 0. The Morgan fingerprint density at radius 2 is 1.75 bits per heavy atom. The molecule has 2 aromatic heterocycles. The van der Waals surface area contributed by atoms with Crippen LogP contribution in [0.5, 0.6) is 11.5 Å². The molecular weight excluding hydrogens is 410 g/mol. The molecule has 0 unspecified atom stereocenters. The lowest BCUT2D eigenvalue weighted by Gasteiger charge is -2.22. The van der Waals surface area contributed by atoms with Crippen LogP contribution < -0.4 is 19.9 Å². The molecule has 0 atom stereocenters. The maximum atomic E-state index is 13.4. The van der Waals surface area contributed by atoms with Gasteiger partial charge in [-0.15, -0.1) is 0 Å². The van der Waals surface area contributed by atoms with Crippen LogP contribution in [0.25, 0.3) is 5.78 Å². The van der Waals surface area contributed by atoms with Crippen LogP contribution in [0.2, 0.25) is 0 Å². The van der Waals surface area contributed by atoms with Gasteiger partial charge in [0, 0.05) is 23.0 Å². The second kappa shape index (κ2) is 8.93. The minimum absolute atomic E-state index is 0.112. The van der Waals surface area contributed by atoms with Crippen molar-refractivity contribution >= 4 is 17.4 Å². The van der Waals surface area contributed by atoms with E-state index in [4.69, 9.17) is 9.47 Å². The number of nitrogens with zero attached hydrogens (tertiary/aromatic N) is 4. The van der Waals surface area contributed by atoms with Gasteiger partial charge in [0.1, 0.15) is 17.3 Å². The molecule has 0 fully saturated rings. The SMILES string of the molecule is CCOc1ccc(N(Cc2nc3nc(C)cc(=O)n3[nH]2)C(=O)c2ccc(OC)cc2)cc1. The van der Waals surface area contributed by atoms with Crippen molar-refractivity contribution in [1.82, 2.24) is 19.6 Å². The molecule has 0 radical (unpaired) electrons. The summed E-state index contributed by atoms with van der Waals surface area (Å²) in [4.78, 5) is 35.9. The molecule has 2 aromatic carbocycles. The van der Waals surface area contributed by atoms with Crippen molar-refractivity contribution in [1.29, 1.82) is 0 Å². The number of rotatable bonds is 7. The van der Waals surface area contributed by atoms with Crippen molar-refractivity contribution in [2.45, 2.75) is 20.4 Å². The summed E-state index contributed by atoms with van der Waals surface area (Å²) < 4.78 is 12.0. The standard InChI is InChI=1S/C23H23N5O4/c1-4-32-19-11-7-17(8-12-19)27(22(30)16-5-9-18(31-3)10-6-16)14-20-25-23-24-15(2)13-21(29)28(23)26-20/h5-13H,4,14H2,1-3H3,(H,24,25,26). The lowest BCUT2D eigenvalue weighted by molar-refractivity contribution is 0.0984. The lowest BCUT2D eigenvalue weighted by atomic mass is 10.1. The van der Waals surface area contributed by atoms with Gasteiger partial charge in [-0.25, -0.2) is 4.98 Å². The zero-order valence-corrected chi connectivity index (χ0v) is 18.0. The number of hydrogen-bond acceptors (Lipinski definition) is 6. The molecule has 0 saturated carbocycles. The number of H-pyrrole nitrogens is 1. The van der Waals surface area contributed by atoms with Crippen molar-refractivity contribution in [2.24, 2.45) is 0 Å². The van der Waals surface area contributed by atoms with E-state index in [0.717, 1.165) is 0 Å². The third-order valence-electron chi connectivity index (χ3n) is 4.85. The van der Waals surface area contributed by atoms with Gasteiger partial charge < -0.3 is 14.4 Å². The van der Waals surface area contributed by atoms with Gasteiger partial charge in [0.05, 0.1) is 20.3 Å². The fourth-order valence-corrected chi connectivity index (χ4v) is 3.32. The first-order valence-electron chi connectivity index (χ1n) is 10.1. The van der Waals surface area contributed by atoms with E-state index in [-0.39, 0.29) is 23.8 Å². The molecule has 2 heterocycles. The Hall–Kier alpha value is -4.14. The molecule has 0 saturated heterocycles. The second-order valence-electron chi connectivity index (χ2n) is 7.09. The number of amides is 1. The van der Waals surface area contributed by atoms with Crippen molar-refractivity contribution < 1.29 is 14.3 Å². The van der Waals surface area contributed by atoms with E-state index in [9.17, 15) is 9.59 Å². The first-order valence-corrected chi connectivity index (χ1v) is 10.1. The van der Waals surface area contributed by atoms with Crippen molar-refractivity contribution in [3.8, 4) is 11.5 Å². The highest BCUT2D eigenvalue weighted by Crippen LogP contribution is 2.24. The highest BCUT2D eigenvalue weighted by atomic mass is 16.5. The minimum Gasteiger partial charge on any atom is -0.497 e. The number of nitrogens with one attached hydrogen (secondary N) is 1. The van der Waals surface area contributed by atoms with E-state index in [2.05, 4.69) is 15.1 Å². The lowest BCUT2D eigenvalue weighted by Crippen LogP contribution is -2.31. The summed E-state index contributed by atoms with van der Waals surface area (Å²) in [5.41, 5.74) is 1.46. The molecule has 9 heteroatoms. The van der Waals surface area contributed by atoms with E-state index in [1.165, 1.54) is 10.6 Å². The summed E-state index contributed by atoms with van der Waals surface area (Å²) in [7, 11) is 1.57. The molecule has 0 bridgehead atoms. The highest BCUT2D eigenvalue weighted by Gasteiger charge is 2.21. The van der Waals surface area contributed by atoms with E-state index in [0.29, 0.717) is 40.9 Å². The predicted molar refractivity (Wildman–Crippen MR) is 119 cm³/mol. The first-order chi connectivity index (χ1) is 15.5. The molecule has 164 valence electrons. The van der Waals surface area contributed by atoms with Gasteiger partial charge in [-0.05, 0) is 62.4 Å². The highest BCUT2D eigenvalue weighted by molar-refractivity contribution is 6.06. The predicted octanol–water partition coefficient (Wildman–Crippen LogP) is 2.98. The van der Waals surface area contributed by atoms with E-state index < -0.39 is 0 Å². The number of methoxy groups -OCH3 is 1. The summed E-state index contributed by atoms with van der Waals surface area (Å²) >= 11 is 0. The Kier molecular flexibility index (Phi) is 5.89. The van der Waals surface area contributed by atoms with Crippen LogP contribution >= 0.6 is 0 Å². The van der Waals surface area contributed by atoms with Gasteiger partial charge in [-0.1, -0.05) is 0 Å². The number of ether oxygens (including phenoxy) is 2. The monoisotopic (exact) mass is 433 g/mol. The third kappa shape index (κ3) is 4.31. The average molecular weight is 433 g/mol. The number of carbonyl (C=O) groups is 1. The molecule has 4 rings (SSSR count). The summed E-state index contributed by atoms with van der Waals surface area (Å²) in [6.45, 7) is 4.30. The molecular formula is C23H23N5O4. The van der Waals surface area contributed by atoms with Crippen LogP contribution in [0.3, 0.4) is 0 Å². The van der Waals surface area contributed by atoms with E-state index >= 15 is 0 Å². The van der Waals surface area contributed by atoms with Crippen molar-refractivity contribution in [2.75, 3.05) is 18.6 Å². The van der Waals surface area contributed by atoms with Gasteiger partial charge in [-0.3, -0.25) is 14.7 Å². The van der Waals surface area contributed by atoms with Crippen LogP contribution in [0.15, 0.2) is 59.4 Å². The second-order valence-corrected chi connectivity index (χ2v) is 7.09. The molecule has 9 nitrogen and oxygen atoms in total. The van der Waals surface area contributed by atoms with E-state index in [1.807, 2.05) is 19.1 Å². The van der Waals surface area contributed by atoms with Gasteiger partial charge in [-0.2, -0.15) is 9.50 Å². The number of aromatic nitrogens is 4. The number of carbonyl (C=O) groups excluding carboxylic acids is 1. The van der Waals surface area contributed by atoms with Gasteiger partial charge in [0.25, 0.3) is 17.2 Å². The number of fused-ring (bicyclic) bond motifs is 1. The van der Waals surface area contributed by atoms with Crippen molar-refractivity contribution in [3.05, 3.63) is 82.0 Å². The first kappa shape index (κ1) is 21.1. The van der Waals surface area contributed by atoms with Gasteiger partial charge in [0.2, 0.25) is 0 Å². The smallest absolute Gasteiger partial charge is 0.274 e. The Morgan fingerprint density at radius 1 is 1.06 bits per heavy atom. The van der Waals surface area contributed by atoms with Crippen LogP contribution in [-0.4, -0.2) is 39.2 Å². The van der Waals surface area contributed by atoms with Gasteiger partial charge >= 0.3 is 0 Å². The van der Waals surface area contributed by atoms with Crippen LogP contribution in [0.1, 0.15) is 28.8 Å². The molecule has 0 spiro atoms. The molecule has 32 heavy (non-hydrogen) atoms. The number of aromatic amines is 1. The molecule has 1 amide bonds. The zero-order valence-electron chi connectivity index (χ0n) is 18.0. The maximum Gasteiger partial charge on any atom is 0.274 e. The summed E-state index contributed by atoms with van der Waals surface area (Å²) in [6, 6.07) is 15.5. The Balaban J connectivity index is 1.71. The summed E-state index contributed by atoms with van der Waals surface area (Å²) in [5.74, 6) is 1.83. The van der Waals surface area contributed by atoms with Crippen LogP contribution in [0, 0.1) is 6.92 Å². The molecule has 0 aliphatic carbocycles. The normalized spacial score (nSPS) is 10.8.